The summed E-state index contributed by atoms with van der Waals surface area (Å²) in [5.74, 6) is -0.201. The Morgan fingerprint density at radius 1 is 0.971 bits per heavy atom. The van der Waals surface area contributed by atoms with Crippen molar-refractivity contribution in [2.75, 3.05) is 5.32 Å². The average Bonchev–Trinajstić information content (AvgIpc) is 3.68. The molecule has 35 heavy (non-hydrogen) atoms. The monoisotopic (exact) mass is 469 g/mol. The number of benzene rings is 3. The Labute approximate surface area is 202 Å². The molecule has 0 aliphatic heterocycles. The van der Waals surface area contributed by atoms with Crippen LogP contribution in [0.25, 0.3) is 10.8 Å². The zero-order valence-corrected chi connectivity index (χ0v) is 18.9. The molecule has 0 radical (unpaired) electrons. The van der Waals surface area contributed by atoms with Gasteiger partial charge in [0, 0.05) is 35.9 Å². The Balaban J connectivity index is 1.09. The van der Waals surface area contributed by atoms with E-state index < -0.39 is 6.09 Å². The molecule has 6 nitrogen and oxygen atoms in total. The lowest BCUT2D eigenvalue weighted by atomic mass is 10.1. The number of ether oxygens (including phenoxy) is 1. The summed E-state index contributed by atoms with van der Waals surface area (Å²) in [5, 5.41) is 7.69. The quantitative estimate of drug-likeness (QED) is 0.372. The Morgan fingerprint density at radius 3 is 2.66 bits per heavy atom. The van der Waals surface area contributed by atoms with E-state index in [9.17, 15) is 14.0 Å². The van der Waals surface area contributed by atoms with Gasteiger partial charge < -0.3 is 15.4 Å². The van der Waals surface area contributed by atoms with Gasteiger partial charge in [0.1, 0.15) is 12.4 Å². The van der Waals surface area contributed by atoms with Crippen molar-refractivity contribution < 1.29 is 18.7 Å². The maximum absolute atomic E-state index is 13.2. The van der Waals surface area contributed by atoms with E-state index in [4.69, 9.17) is 4.74 Å². The average molecular weight is 470 g/mol. The zero-order valence-electron chi connectivity index (χ0n) is 18.9. The molecule has 1 aromatic heterocycles. The standard InChI is InChI=1S/C28H24FN3O3/c29-23-3-1-2-19(12-23)15-31-28(34)35-17-18-4-6-20(7-5-18)25-14-26(25)27(33)32-24-9-8-22-16-30-11-10-21(22)13-24/h1-13,16,25-26H,14-15,17H2,(H,31,34)(H,32,33)/t25-,26+/m0/s1. The maximum atomic E-state index is 13.2. The summed E-state index contributed by atoms with van der Waals surface area (Å²) in [5.41, 5.74) is 3.38. The second-order valence-corrected chi connectivity index (χ2v) is 8.68. The van der Waals surface area contributed by atoms with Crippen LogP contribution in [0.2, 0.25) is 0 Å². The second-order valence-electron chi connectivity index (χ2n) is 8.68. The van der Waals surface area contributed by atoms with Crippen LogP contribution in [0.3, 0.4) is 0 Å². The summed E-state index contributed by atoms with van der Waals surface area (Å²) in [6.45, 7) is 0.318. The highest BCUT2D eigenvalue weighted by Gasteiger charge is 2.43. The number of nitrogens with zero attached hydrogens (tertiary/aromatic N) is 1. The summed E-state index contributed by atoms with van der Waals surface area (Å²) in [6, 6.07) is 21.5. The van der Waals surface area contributed by atoms with E-state index in [-0.39, 0.29) is 36.7 Å². The molecule has 1 saturated carbocycles. The van der Waals surface area contributed by atoms with Crippen molar-refractivity contribution in [3.05, 3.63) is 108 Å². The summed E-state index contributed by atoms with van der Waals surface area (Å²) in [4.78, 5) is 28.7. The molecule has 7 heteroatoms. The van der Waals surface area contributed by atoms with Crippen molar-refractivity contribution in [1.82, 2.24) is 10.3 Å². The molecule has 0 saturated heterocycles. The van der Waals surface area contributed by atoms with E-state index in [0.717, 1.165) is 34.0 Å². The Hall–Kier alpha value is -4.26. The maximum Gasteiger partial charge on any atom is 0.407 e. The number of carbonyl (C=O) groups is 2. The smallest absolute Gasteiger partial charge is 0.407 e. The first-order valence-corrected chi connectivity index (χ1v) is 11.4. The molecule has 2 atom stereocenters. The van der Waals surface area contributed by atoms with E-state index >= 15 is 0 Å². The van der Waals surface area contributed by atoms with Gasteiger partial charge in [0.15, 0.2) is 0 Å². The van der Waals surface area contributed by atoms with Gasteiger partial charge in [-0.2, -0.15) is 0 Å². The van der Waals surface area contributed by atoms with Gasteiger partial charge in [0.25, 0.3) is 0 Å². The van der Waals surface area contributed by atoms with E-state index in [0.29, 0.717) is 5.56 Å². The number of nitrogens with one attached hydrogen (secondary N) is 2. The highest BCUT2D eigenvalue weighted by Crippen LogP contribution is 2.48. The highest BCUT2D eigenvalue weighted by molar-refractivity contribution is 5.97. The minimum atomic E-state index is -0.567. The van der Waals surface area contributed by atoms with Crippen molar-refractivity contribution in [1.29, 1.82) is 0 Å². The number of aromatic nitrogens is 1. The van der Waals surface area contributed by atoms with Crippen LogP contribution in [-0.2, 0) is 22.7 Å². The highest BCUT2D eigenvalue weighted by atomic mass is 19.1. The minimum Gasteiger partial charge on any atom is -0.445 e. The Morgan fingerprint density at radius 2 is 1.83 bits per heavy atom. The molecule has 0 spiro atoms. The molecule has 176 valence electrons. The topological polar surface area (TPSA) is 80.3 Å². The fraction of sp³-hybridized carbons (Fsp3) is 0.179. The number of rotatable bonds is 7. The van der Waals surface area contributed by atoms with E-state index in [1.807, 2.05) is 48.5 Å². The third kappa shape index (κ3) is 5.63. The SMILES string of the molecule is O=C(NCc1cccc(F)c1)OCc1ccc([C@@H]2C[C@H]2C(=O)Nc2ccc3cnccc3c2)cc1. The fourth-order valence-corrected chi connectivity index (χ4v) is 4.13. The number of fused-ring (bicyclic) bond motifs is 1. The van der Waals surface area contributed by atoms with Gasteiger partial charge in [-0.15, -0.1) is 0 Å². The van der Waals surface area contributed by atoms with E-state index in [1.165, 1.54) is 12.1 Å². The summed E-state index contributed by atoms with van der Waals surface area (Å²) in [6.07, 6.45) is 3.77. The lowest BCUT2D eigenvalue weighted by Crippen LogP contribution is -2.23. The first kappa shape index (κ1) is 22.5. The van der Waals surface area contributed by atoms with Crippen LogP contribution in [0, 0.1) is 11.7 Å². The summed E-state index contributed by atoms with van der Waals surface area (Å²) in [7, 11) is 0. The molecular formula is C28H24FN3O3. The lowest BCUT2D eigenvalue weighted by molar-refractivity contribution is -0.117. The molecule has 5 rings (SSSR count). The molecule has 1 aliphatic rings. The predicted octanol–water partition coefficient (Wildman–Crippen LogP) is 5.54. The van der Waals surface area contributed by atoms with Crippen molar-refractivity contribution >= 4 is 28.5 Å². The molecule has 4 aromatic rings. The Bertz CT molecular complexity index is 1370. The zero-order chi connectivity index (χ0) is 24.2. The van der Waals surface area contributed by atoms with Crippen LogP contribution in [0.15, 0.2) is 85.2 Å². The predicted molar refractivity (Wildman–Crippen MR) is 131 cm³/mol. The first-order chi connectivity index (χ1) is 17.0. The molecule has 0 unspecified atom stereocenters. The molecule has 1 aliphatic carbocycles. The van der Waals surface area contributed by atoms with Gasteiger partial charge in [-0.1, -0.05) is 42.5 Å². The number of carbonyl (C=O) groups excluding carboxylic acids is 2. The van der Waals surface area contributed by atoms with Gasteiger partial charge in [-0.05, 0) is 64.7 Å². The molecular weight excluding hydrogens is 445 g/mol. The number of hydrogen-bond donors (Lipinski definition) is 2. The number of alkyl carbamates (subject to hydrolysis) is 1. The summed E-state index contributed by atoms with van der Waals surface area (Å²) >= 11 is 0. The van der Waals surface area contributed by atoms with Crippen molar-refractivity contribution in [3.8, 4) is 0 Å². The molecule has 2 amide bonds. The summed E-state index contributed by atoms with van der Waals surface area (Å²) < 4.78 is 18.4. The van der Waals surface area contributed by atoms with Crippen molar-refractivity contribution in [2.45, 2.75) is 25.5 Å². The Kier molecular flexibility index (Phi) is 6.39. The third-order valence-corrected chi connectivity index (χ3v) is 6.14. The van der Waals surface area contributed by atoms with Gasteiger partial charge in [-0.25, -0.2) is 9.18 Å². The van der Waals surface area contributed by atoms with E-state index in [2.05, 4.69) is 15.6 Å². The normalized spacial score (nSPS) is 16.5. The van der Waals surface area contributed by atoms with Gasteiger partial charge in [0.2, 0.25) is 5.91 Å². The van der Waals surface area contributed by atoms with Crippen LogP contribution < -0.4 is 10.6 Å². The van der Waals surface area contributed by atoms with Gasteiger partial charge >= 0.3 is 6.09 Å². The number of pyridine rings is 1. The van der Waals surface area contributed by atoms with E-state index in [1.54, 1.807) is 24.5 Å². The number of hydrogen-bond acceptors (Lipinski definition) is 4. The van der Waals surface area contributed by atoms with Crippen LogP contribution in [0.4, 0.5) is 14.9 Å². The fourth-order valence-electron chi connectivity index (χ4n) is 4.13. The van der Waals surface area contributed by atoms with Crippen LogP contribution >= 0.6 is 0 Å². The molecule has 1 heterocycles. The second kappa shape index (κ2) is 9.93. The van der Waals surface area contributed by atoms with Crippen molar-refractivity contribution in [3.63, 3.8) is 0 Å². The van der Waals surface area contributed by atoms with Gasteiger partial charge in [-0.3, -0.25) is 9.78 Å². The van der Waals surface area contributed by atoms with Crippen LogP contribution in [0.5, 0.6) is 0 Å². The molecule has 0 bridgehead atoms. The number of halogens is 1. The molecule has 2 N–H and O–H groups in total. The van der Waals surface area contributed by atoms with Crippen LogP contribution in [-0.4, -0.2) is 17.0 Å². The third-order valence-electron chi connectivity index (χ3n) is 6.14. The van der Waals surface area contributed by atoms with Crippen molar-refractivity contribution in [2.24, 2.45) is 5.92 Å². The minimum absolute atomic E-state index is 0.0192. The largest absolute Gasteiger partial charge is 0.445 e. The van der Waals surface area contributed by atoms with Crippen LogP contribution in [0.1, 0.15) is 29.0 Å². The number of anilines is 1. The first-order valence-electron chi connectivity index (χ1n) is 11.4. The van der Waals surface area contributed by atoms with Gasteiger partial charge in [0.05, 0.1) is 0 Å². The number of amides is 2. The lowest BCUT2D eigenvalue weighted by Gasteiger charge is -2.09. The molecule has 3 aromatic carbocycles. The molecule has 1 fully saturated rings.